The lowest BCUT2D eigenvalue weighted by molar-refractivity contribution is -0.142. The Bertz CT molecular complexity index is 708. The van der Waals surface area contributed by atoms with E-state index in [0.717, 1.165) is 10.4 Å². The first kappa shape index (κ1) is 15.5. The van der Waals surface area contributed by atoms with E-state index in [1.54, 1.807) is 0 Å². The molecule has 1 fully saturated rings. The number of hydrogen-bond donors (Lipinski definition) is 1. The van der Waals surface area contributed by atoms with E-state index in [9.17, 15) is 17.6 Å². The molecule has 0 saturated carbocycles. The van der Waals surface area contributed by atoms with Crippen LogP contribution in [0.2, 0.25) is 0 Å². The van der Waals surface area contributed by atoms with Crippen molar-refractivity contribution in [1.82, 2.24) is 4.31 Å². The largest absolute Gasteiger partial charge is 0.480 e. The zero-order chi connectivity index (χ0) is 15.6. The molecule has 0 radical (unpaired) electrons. The normalized spacial score (nSPS) is 19.9. The van der Waals surface area contributed by atoms with Gasteiger partial charge in [0.1, 0.15) is 11.9 Å². The summed E-state index contributed by atoms with van der Waals surface area (Å²) in [4.78, 5) is 10.9. The molecule has 0 spiro atoms. The molecule has 0 amide bonds. The molecule has 1 aromatic rings. The lowest BCUT2D eigenvalue weighted by Gasteiger charge is -2.31. The van der Waals surface area contributed by atoms with Gasteiger partial charge in [0.15, 0.2) is 0 Å². The molecular formula is C14H14FNO4S. The summed E-state index contributed by atoms with van der Waals surface area (Å²) in [6.07, 6.45) is 6.56. The summed E-state index contributed by atoms with van der Waals surface area (Å²) in [5, 5.41) is 9.15. The number of carboxylic acid groups (broad SMARTS) is 1. The Morgan fingerprint density at radius 2 is 2.14 bits per heavy atom. The molecule has 21 heavy (non-hydrogen) atoms. The van der Waals surface area contributed by atoms with Gasteiger partial charge in [0.05, 0.1) is 10.5 Å². The van der Waals surface area contributed by atoms with Crippen molar-refractivity contribution >= 4 is 16.0 Å². The molecule has 7 heteroatoms. The fourth-order valence-electron chi connectivity index (χ4n) is 2.35. The van der Waals surface area contributed by atoms with Gasteiger partial charge in [0.2, 0.25) is 10.0 Å². The van der Waals surface area contributed by atoms with Gasteiger partial charge >= 0.3 is 5.97 Å². The van der Waals surface area contributed by atoms with E-state index < -0.39 is 27.9 Å². The Morgan fingerprint density at radius 3 is 2.71 bits per heavy atom. The SMILES string of the molecule is C#Cc1ccc(S(=O)(=O)N2CCCC[C@@H]2C(=O)O)cc1F. The molecule has 1 N–H and O–H groups in total. The standard InChI is InChI=1S/C14H14FNO4S/c1-2-10-6-7-11(9-12(10)15)21(19,20)16-8-4-3-5-13(16)14(17)18/h1,6-7,9,13H,3-5,8H2,(H,17,18)/t13-/m1/s1. The minimum absolute atomic E-state index is 0.0395. The highest BCUT2D eigenvalue weighted by molar-refractivity contribution is 7.89. The van der Waals surface area contributed by atoms with E-state index >= 15 is 0 Å². The maximum Gasteiger partial charge on any atom is 0.322 e. The van der Waals surface area contributed by atoms with Crippen LogP contribution < -0.4 is 0 Å². The first-order valence-corrected chi connectivity index (χ1v) is 7.82. The summed E-state index contributed by atoms with van der Waals surface area (Å²) in [6.45, 7) is 0.109. The Labute approximate surface area is 122 Å². The number of carbonyl (C=O) groups is 1. The van der Waals surface area contributed by atoms with Crippen molar-refractivity contribution in [3.8, 4) is 12.3 Å². The van der Waals surface area contributed by atoms with Crippen LogP contribution in [-0.2, 0) is 14.8 Å². The molecule has 1 aliphatic heterocycles. The molecule has 0 aromatic heterocycles. The molecule has 1 aromatic carbocycles. The number of hydrogen-bond acceptors (Lipinski definition) is 3. The van der Waals surface area contributed by atoms with Crippen LogP contribution in [0.1, 0.15) is 24.8 Å². The van der Waals surface area contributed by atoms with Gasteiger partial charge in [-0.3, -0.25) is 4.79 Å². The number of carboxylic acids is 1. The van der Waals surface area contributed by atoms with Crippen molar-refractivity contribution < 1.29 is 22.7 Å². The number of aliphatic carboxylic acids is 1. The van der Waals surface area contributed by atoms with Gasteiger partial charge in [0, 0.05) is 6.54 Å². The molecule has 2 rings (SSSR count). The van der Waals surface area contributed by atoms with Crippen molar-refractivity contribution in [2.24, 2.45) is 0 Å². The fourth-order valence-corrected chi connectivity index (χ4v) is 4.01. The minimum Gasteiger partial charge on any atom is -0.480 e. The lowest BCUT2D eigenvalue weighted by atomic mass is 10.1. The van der Waals surface area contributed by atoms with Crippen LogP contribution in [0.25, 0.3) is 0 Å². The number of rotatable bonds is 3. The molecule has 1 aliphatic rings. The summed E-state index contributed by atoms with van der Waals surface area (Å²) >= 11 is 0. The third kappa shape index (κ3) is 2.91. The molecule has 1 saturated heterocycles. The molecule has 112 valence electrons. The predicted octanol–water partition coefficient (Wildman–Crippen LogP) is 1.43. The summed E-state index contributed by atoms with van der Waals surface area (Å²) in [5.41, 5.74) is -0.0395. The number of terminal acetylenes is 1. The third-order valence-electron chi connectivity index (χ3n) is 3.44. The van der Waals surface area contributed by atoms with Crippen LogP contribution in [0, 0.1) is 18.2 Å². The van der Waals surface area contributed by atoms with Crippen molar-refractivity contribution in [3.05, 3.63) is 29.6 Å². The Kier molecular flexibility index (Phi) is 4.30. The molecule has 5 nitrogen and oxygen atoms in total. The third-order valence-corrected chi connectivity index (χ3v) is 5.35. The molecule has 0 aliphatic carbocycles. The molecule has 1 atom stereocenters. The van der Waals surface area contributed by atoms with Crippen molar-refractivity contribution in [3.63, 3.8) is 0 Å². The molecule has 0 unspecified atom stereocenters. The number of sulfonamides is 1. The smallest absolute Gasteiger partial charge is 0.322 e. The average molecular weight is 311 g/mol. The van der Waals surface area contributed by atoms with Crippen molar-refractivity contribution in [2.45, 2.75) is 30.2 Å². The number of nitrogens with zero attached hydrogens (tertiary/aromatic N) is 1. The predicted molar refractivity (Wildman–Crippen MR) is 73.5 cm³/mol. The van der Waals surface area contributed by atoms with Crippen molar-refractivity contribution in [2.75, 3.05) is 6.54 Å². The summed E-state index contributed by atoms with van der Waals surface area (Å²) < 4.78 is 39.6. The van der Waals surface area contributed by atoms with Crippen LogP contribution in [0.4, 0.5) is 4.39 Å². The quantitative estimate of drug-likeness (QED) is 0.857. The van der Waals surface area contributed by atoms with Crippen LogP contribution in [0.5, 0.6) is 0 Å². The van der Waals surface area contributed by atoms with Gasteiger partial charge in [-0.05, 0) is 37.5 Å². The molecule has 1 heterocycles. The van der Waals surface area contributed by atoms with Gasteiger partial charge in [-0.1, -0.05) is 5.92 Å². The second kappa shape index (κ2) is 5.84. The van der Waals surface area contributed by atoms with Crippen LogP contribution >= 0.6 is 0 Å². The monoisotopic (exact) mass is 311 g/mol. The highest BCUT2D eigenvalue weighted by Crippen LogP contribution is 2.26. The van der Waals surface area contributed by atoms with Gasteiger partial charge in [-0.2, -0.15) is 4.31 Å². The van der Waals surface area contributed by atoms with Crippen LogP contribution in [-0.4, -0.2) is 36.4 Å². The second-order valence-electron chi connectivity index (χ2n) is 4.75. The topological polar surface area (TPSA) is 74.7 Å². The number of benzene rings is 1. The highest BCUT2D eigenvalue weighted by atomic mass is 32.2. The zero-order valence-corrected chi connectivity index (χ0v) is 11.9. The summed E-state index contributed by atoms with van der Waals surface area (Å²) in [6, 6.07) is 2.11. The van der Waals surface area contributed by atoms with Crippen LogP contribution in [0.15, 0.2) is 23.1 Å². The van der Waals surface area contributed by atoms with Crippen molar-refractivity contribution in [1.29, 1.82) is 0 Å². The van der Waals surface area contributed by atoms with E-state index in [-0.39, 0.29) is 23.4 Å². The Morgan fingerprint density at radius 1 is 1.43 bits per heavy atom. The maximum atomic E-state index is 13.7. The van der Waals surface area contributed by atoms with Gasteiger partial charge < -0.3 is 5.11 Å². The Balaban J connectivity index is 2.43. The van der Waals surface area contributed by atoms with E-state index in [0.29, 0.717) is 12.8 Å². The number of halogens is 1. The summed E-state index contributed by atoms with van der Waals surface area (Å²) in [5.74, 6) is 0.0904. The Hall–Kier alpha value is -1.91. The van der Waals surface area contributed by atoms with Gasteiger partial charge in [-0.25, -0.2) is 12.8 Å². The van der Waals surface area contributed by atoms with E-state index in [1.807, 2.05) is 0 Å². The number of piperidine rings is 1. The summed E-state index contributed by atoms with van der Waals surface area (Å²) in [7, 11) is -4.06. The van der Waals surface area contributed by atoms with Gasteiger partial charge in [0.25, 0.3) is 0 Å². The first-order valence-electron chi connectivity index (χ1n) is 6.38. The fraction of sp³-hybridized carbons (Fsp3) is 0.357. The zero-order valence-electron chi connectivity index (χ0n) is 11.1. The second-order valence-corrected chi connectivity index (χ2v) is 6.64. The average Bonchev–Trinajstić information content (AvgIpc) is 2.47. The minimum atomic E-state index is -4.06. The lowest BCUT2D eigenvalue weighted by Crippen LogP contribution is -2.47. The van der Waals surface area contributed by atoms with E-state index in [2.05, 4.69) is 5.92 Å². The molecule has 0 bridgehead atoms. The van der Waals surface area contributed by atoms with E-state index in [4.69, 9.17) is 11.5 Å². The van der Waals surface area contributed by atoms with Crippen LogP contribution in [0.3, 0.4) is 0 Å². The molecular weight excluding hydrogens is 297 g/mol. The van der Waals surface area contributed by atoms with E-state index in [1.165, 1.54) is 12.1 Å². The van der Waals surface area contributed by atoms with Gasteiger partial charge in [-0.15, -0.1) is 6.42 Å². The first-order chi connectivity index (χ1) is 9.87. The maximum absolute atomic E-state index is 13.7. The highest BCUT2D eigenvalue weighted by Gasteiger charge is 2.37.